The smallest absolute Gasteiger partial charge is 0.133 e. The van der Waals surface area contributed by atoms with E-state index in [0.29, 0.717) is 25.2 Å². The van der Waals surface area contributed by atoms with Crippen LogP contribution in [-0.4, -0.2) is 41.3 Å². The van der Waals surface area contributed by atoms with Crippen LogP contribution in [0.5, 0.6) is 5.75 Å². The summed E-state index contributed by atoms with van der Waals surface area (Å²) in [5.41, 5.74) is 0. The molecule has 0 aliphatic carbocycles. The molecule has 1 saturated heterocycles. The maximum Gasteiger partial charge on any atom is 0.133 e. The lowest BCUT2D eigenvalue weighted by Gasteiger charge is -2.40. The number of benzene rings is 1. The Labute approximate surface area is 143 Å². The average molecular weight is 421 g/mol. The summed E-state index contributed by atoms with van der Waals surface area (Å²) < 4.78 is 7.61. The van der Waals surface area contributed by atoms with Gasteiger partial charge in [0.2, 0.25) is 0 Å². The molecular weight excluding hydrogens is 398 g/mol. The zero-order chi connectivity index (χ0) is 15.4. The molecule has 2 rings (SSSR count). The predicted octanol–water partition coefficient (Wildman–Crippen LogP) is 4.21. The van der Waals surface area contributed by atoms with Crippen LogP contribution >= 0.6 is 31.9 Å². The van der Waals surface area contributed by atoms with Gasteiger partial charge in [0, 0.05) is 23.1 Å². The fourth-order valence-electron chi connectivity index (χ4n) is 2.91. The molecule has 3 atom stereocenters. The van der Waals surface area contributed by atoms with Gasteiger partial charge in [0.1, 0.15) is 18.5 Å². The van der Waals surface area contributed by atoms with Gasteiger partial charge < -0.3 is 9.84 Å². The molecule has 0 aromatic heterocycles. The first-order chi connectivity index (χ1) is 9.97. The van der Waals surface area contributed by atoms with Gasteiger partial charge in [-0.3, -0.25) is 4.90 Å². The molecule has 5 heteroatoms. The number of hydrogen-bond acceptors (Lipinski definition) is 3. The summed E-state index contributed by atoms with van der Waals surface area (Å²) in [4.78, 5) is 2.40. The number of hydrogen-bond donors (Lipinski definition) is 1. The van der Waals surface area contributed by atoms with E-state index in [-0.39, 0.29) is 0 Å². The molecule has 0 radical (unpaired) electrons. The number of piperidine rings is 1. The summed E-state index contributed by atoms with van der Waals surface area (Å²) in [5, 5.41) is 10.3. The fraction of sp³-hybridized carbons (Fsp3) is 0.625. The Morgan fingerprint density at radius 1 is 1.29 bits per heavy atom. The molecule has 1 aromatic carbocycles. The van der Waals surface area contributed by atoms with Gasteiger partial charge in [-0.15, -0.1) is 0 Å². The highest BCUT2D eigenvalue weighted by atomic mass is 79.9. The average Bonchev–Trinajstić information content (AvgIpc) is 2.42. The van der Waals surface area contributed by atoms with Crippen LogP contribution in [0.4, 0.5) is 0 Å². The summed E-state index contributed by atoms with van der Waals surface area (Å²) in [6, 6.07) is 6.86. The van der Waals surface area contributed by atoms with Crippen molar-refractivity contribution >= 4 is 31.9 Å². The minimum absolute atomic E-state index is 0.316. The number of likely N-dealkylation sites (tertiary alicyclic amines) is 1. The van der Waals surface area contributed by atoms with Crippen molar-refractivity contribution in [2.75, 3.05) is 13.2 Å². The standard InChI is InChI=1S/C16H23Br2NO2/c1-11-4-3-5-12(2)19(11)9-14(20)10-21-16-7-6-13(17)8-15(16)18/h6-8,11-12,14,20H,3-5,9-10H2,1-2H3/t11-,12-,14-/m0/s1. The number of halogens is 2. The molecule has 0 unspecified atom stereocenters. The Morgan fingerprint density at radius 2 is 1.95 bits per heavy atom. The number of aliphatic hydroxyl groups excluding tert-OH is 1. The second-order valence-corrected chi connectivity index (χ2v) is 7.64. The SMILES string of the molecule is C[C@H]1CCC[C@H](C)N1C[C@H](O)COc1ccc(Br)cc1Br. The lowest BCUT2D eigenvalue weighted by molar-refractivity contribution is 0.0207. The third kappa shape index (κ3) is 4.95. The van der Waals surface area contributed by atoms with Crippen molar-refractivity contribution < 1.29 is 9.84 Å². The van der Waals surface area contributed by atoms with Crippen LogP contribution in [0, 0.1) is 0 Å². The highest BCUT2D eigenvalue weighted by Gasteiger charge is 2.26. The molecule has 0 saturated carbocycles. The second-order valence-electron chi connectivity index (χ2n) is 5.87. The first-order valence-corrected chi connectivity index (χ1v) is 9.07. The van der Waals surface area contributed by atoms with Crippen LogP contribution in [-0.2, 0) is 0 Å². The fourth-order valence-corrected chi connectivity index (χ4v) is 4.07. The molecule has 21 heavy (non-hydrogen) atoms. The van der Waals surface area contributed by atoms with Crippen molar-refractivity contribution in [1.82, 2.24) is 4.90 Å². The lowest BCUT2D eigenvalue weighted by Crippen LogP contribution is -2.48. The van der Waals surface area contributed by atoms with E-state index in [9.17, 15) is 5.11 Å². The van der Waals surface area contributed by atoms with E-state index in [0.717, 1.165) is 14.7 Å². The predicted molar refractivity (Wildman–Crippen MR) is 92.8 cm³/mol. The van der Waals surface area contributed by atoms with Gasteiger partial charge in [0.25, 0.3) is 0 Å². The van der Waals surface area contributed by atoms with Crippen LogP contribution in [0.1, 0.15) is 33.1 Å². The van der Waals surface area contributed by atoms with Crippen LogP contribution in [0.3, 0.4) is 0 Å². The highest BCUT2D eigenvalue weighted by Crippen LogP contribution is 2.28. The molecule has 3 nitrogen and oxygen atoms in total. The number of ether oxygens (including phenoxy) is 1. The number of β-amino-alcohol motifs (C(OH)–C–C–N with tert-alkyl or cyclic N) is 1. The molecule has 0 amide bonds. The van der Waals surface area contributed by atoms with Crippen molar-refractivity contribution in [3.8, 4) is 5.75 Å². The van der Waals surface area contributed by atoms with Gasteiger partial charge in [-0.2, -0.15) is 0 Å². The van der Waals surface area contributed by atoms with Gasteiger partial charge in [0.15, 0.2) is 0 Å². The molecular formula is C16H23Br2NO2. The summed E-state index contributed by atoms with van der Waals surface area (Å²) in [6.07, 6.45) is 3.26. The van der Waals surface area contributed by atoms with Gasteiger partial charge in [-0.1, -0.05) is 22.4 Å². The molecule has 0 bridgehead atoms. The van der Waals surface area contributed by atoms with Crippen LogP contribution < -0.4 is 4.74 Å². The van der Waals surface area contributed by atoms with Crippen LogP contribution in [0.25, 0.3) is 0 Å². The van der Waals surface area contributed by atoms with E-state index >= 15 is 0 Å². The van der Waals surface area contributed by atoms with Crippen molar-refractivity contribution in [1.29, 1.82) is 0 Å². The lowest BCUT2D eigenvalue weighted by atomic mass is 9.97. The van der Waals surface area contributed by atoms with Crippen molar-refractivity contribution in [3.05, 3.63) is 27.1 Å². The van der Waals surface area contributed by atoms with Gasteiger partial charge >= 0.3 is 0 Å². The first-order valence-electron chi connectivity index (χ1n) is 7.49. The molecule has 118 valence electrons. The maximum atomic E-state index is 10.3. The Bertz CT molecular complexity index is 460. The number of aliphatic hydroxyl groups is 1. The quantitative estimate of drug-likeness (QED) is 0.774. The van der Waals surface area contributed by atoms with Gasteiger partial charge in [-0.25, -0.2) is 0 Å². The summed E-state index contributed by atoms with van der Waals surface area (Å²) in [7, 11) is 0. The van der Waals surface area contributed by atoms with Gasteiger partial charge in [0.05, 0.1) is 4.47 Å². The van der Waals surface area contributed by atoms with E-state index < -0.39 is 6.10 Å². The van der Waals surface area contributed by atoms with Crippen LogP contribution in [0.2, 0.25) is 0 Å². The topological polar surface area (TPSA) is 32.7 Å². The maximum absolute atomic E-state index is 10.3. The molecule has 1 aromatic rings. The van der Waals surface area contributed by atoms with Crippen molar-refractivity contribution in [2.45, 2.75) is 51.3 Å². The highest BCUT2D eigenvalue weighted by molar-refractivity contribution is 9.11. The molecule has 1 heterocycles. The second kappa shape index (κ2) is 7.95. The molecule has 1 fully saturated rings. The monoisotopic (exact) mass is 419 g/mol. The van der Waals surface area contributed by atoms with Crippen molar-refractivity contribution in [3.63, 3.8) is 0 Å². The van der Waals surface area contributed by atoms with E-state index in [2.05, 4.69) is 50.6 Å². The summed E-state index contributed by atoms with van der Waals surface area (Å²) in [6.45, 7) is 5.48. The van der Waals surface area contributed by atoms with Crippen molar-refractivity contribution in [2.24, 2.45) is 0 Å². The Kier molecular flexibility index (Phi) is 6.53. The third-order valence-corrected chi connectivity index (χ3v) is 5.24. The Morgan fingerprint density at radius 3 is 2.57 bits per heavy atom. The molecule has 0 spiro atoms. The van der Waals surface area contributed by atoms with E-state index in [1.54, 1.807) is 0 Å². The summed E-state index contributed by atoms with van der Waals surface area (Å²) in [5.74, 6) is 0.761. The first kappa shape index (κ1) is 17.3. The largest absolute Gasteiger partial charge is 0.490 e. The normalized spacial score (nSPS) is 24.8. The van der Waals surface area contributed by atoms with E-state index in [1.165, 1.54) is 19.3 Å². The molecule has 1 N–H and O–H groups in total. The van der Waals surface area contributed by atoms with Crippen LogP contribution in [0.15, 0.2) is 27.1 Å². The molecule has 1 aliphatic heterocycles. The number of nitrogens with zero attached hydrogens (tertiary/aromatic N) is 1. The third-order valence-electron chi connectivity index (χ3n) is 4.12. The zero-order valence-corrected chi connectivity index (χ0v) is 15.7. The van der Waals surface area contributed by atoms with E-state index in [1.807, 2.05) is 18.2 Å². The summed E-state index contributed by atoms with van der Waals surface area (Å²) >= 11 is 6.88. The van der Waals surface area contributed by atoms with E-state index in [4.69, 9.17) is 4.74 Å². The number of rotatable bonds is 5. The minimum atomic E-state index is -0.469. The Balaban J connectivity index is 1.85. The minimum Gasteiger partial charge on any atom is -0.490 e. The Hall–Kier alpha value is -0.100. The molecule has 1 aliphatic rings. The zero-order valence-electron chi connectivity index (χ0n) is 12.6. The van der Waals surface area contributed by atoms with Gasteiger partial charge in [-0.05, 0) is 60.8 Å².